The van der Waals surface area contributed by atoms with Crippen molar-refractivity contribution >= 4 is 5.91 Å². The highest BCUT2D eigenvalue weighted by atomic mass is 16.2. The predicted molar refractivity (Wildman–Crippen MR) is 75.4 cm³/mol. The van der Waals surface area contributed by atoms with Crippen molar-refractivity contribution < 1.29 is 4.79 Å². The third-order valence-corrected chi connectivity index (χ3v) is 4.07. The minimum Gasteiger partial charge on any atom is -0.344 e. The van der Waals surface area contributed by atoms with Crippen LogP contribution in [0, 0.1) is 5.92 Å². The van der Waals surface area contributed by atoms with Crippen molar-refractivity contribution in [3.05, 3.63) is 0 Å². The molecule has 0 bridgehead atoms. The van der Waals surface area contributed by atoms with E-state index >= 15 is 0 Å². The van der Waals surface area contributed by atoms with E-state index in [-0.39, 0.29) is 5.91 Å². The van der Waals surface area contributed by atoms with E-state index in [2.05, 4.69) is 18.7 Å². The molecule has 0 radical (unpaired) electrons. The molecule has 1 rings (SSSR count). The summed E-state index contributed by atoms with van der Waals surface area (Å²) in [4.78, 5) is 16.4. The van der Waals surface area contributed by atoms with Gasteiger partial charge in [-0.1, -0.05) is 13.8 Å². The zero-order valence-corrected chi connectivity index (χ0v) is 12.2. The predicted octanol–water partition coefficient (Wildman–Crippen LogP) is 1.30. The van der Waals surface area contributed by atoms with Gasteiger partial charge in [0.05, 0.1) is 0 Å². The van der Waals surface area contributed by atoms with Gasteiger partial charge in [0.1, 0.15) is 0 Å². The zero-order valence-electron chi connectivity index (χ0n) is 12.2. The van der Waals surface area contributed by atoms with Gasteiger partial charge in [-0.2, -0.15) is 0 Å². The lowest BCUT2D eigenvalue weighted by Crippen LogP contribution is -2.41. The van der Waals surface area contributed by atoms with Crippen LogP contribution in [0.25, 0.3) is 0 Å². The number of amides is 1. The van der Waals surface area contributed by atoms with Crippen molar-refractivity contribution in [3.8, 4) is 0 Å². The number of likely N-dealkylation sites (N-methyl/N-ethyl adjacent to an activating group) is 2. The molecule has 18 heavy (non-hydrogen) atoms. The average molecular weight is 255 g/mol. The molecule has 1 heterocycles. The molecule has 0 spiro atoms. The maximum absolute atomic E-state index is 12.0. The second-order valence-corrected chi connectivity index (χ2v) is 5.58. The van der Waals surface area contributed by atoms with Crippen LogP contribution in [0.1, 0.15) is 39.5 Å². The van der Waals surface area contributed by atoms with Gasteiger partial charge < -0.3 is 10.6 Å². The van der Waals surface area contributed by atoms with Gasteiger partial charge in [-0.15, -0.1) is 0 Å². The third-order valence-electron chi connectivity index (χ3n) is 4.07. The lowest BCUT2D eigenvalue weighted by Gasteiger charge is -2.28. The Labute approximate surface area is 111 Å². The Balaban J connectivity index is 2.30. The van der Waals surface area contributed by atoms with Crippen molar-refractivity contribution in [3.63, 3.8) is 0 Å². The summed E-state index contributed by atoms with van der Waals surface area (Å²) in [5.74, 6) is 0.708. The van der Waals surface area contributed by atoms with E-state index in [9.17, 15) is 4.79 Å². The van der Waals surface area contributed by atoms with Gasteiger partial charge in [-0.05, 0) is 44.8 Å². The number of nitrogens with zero attached hydrogens (tertiary/aromatic N) is 2. The summed E-state index contributed by atoms with van der Waals surface area (Å²) in [7, 11) is 1.93. The quantitative estimate of drug-likeness (QED) is 0.746. The second kappa shape index (κ2) is 7.74. The van der Waals surface area contributed by atoms with Gasteiger partial charge in [0.2, 0.25) is 5.91 Å². The Morgan fingerprint density at radius 1 is 1.56 bits per heavy atom. The minimum absolute atomic E-state index is 0.262. The fourth-order valence-corrected chi connectivity index (χ4v) is 2.61. The molecule has 0 saturated carbocycles. The first-order chi connectivity index (χ1) is 8.58. The normalized spacial score (nSPS) is 22.1. The summed E-state index contributed by atoms with van der Waals surface area (Å²) in [6, 6.07) is 0.566. The van der Waals surface area contributed by atoms with Gasteiger partial charge in [0.15, 0.2) is 0 Å². The molecule has 1 fully saturated rings. The number of carbonyl (C=O) groups excluding carboxylic acids is 1. The van der Waals surface area contributed by atoms with Crippen LogP contribution < -0.4 is 5.73 Å². The van der Waals surface area contributed by atoms with Crippen LogP contribution in [0.2, 0.25) is 0 Å². The Hall–Kier alpha value is -0.610. The summed E-state index contributed by atoms with van der Waals surface area (Å²) in [6.07, 6.45) is 4.03. The summed E-state index contributed by atoms with van der Waals surface area (Å²) >= 11 is 0. The van der Waals surface area contributed by atoms with E-state index in [1.165, 1.54) is 19.4 Å². The highest BCUT2D eigenvalue weighted by Crippen LogP contribution is 2.17. The summed E-state index contributed by atoms with van der Waals surface area (Å²) < 4.78 is 0. The van der Waals surface area contributed by atoms with E-state index in [0.29, 0.717) is 24.9 Å². The van der Waals surface area contributed by atoms with Crippen LogP contribution in [-0.2, 0) is 4.79 Å². The van der Waals surface area contributed by atoms with Crippen molar-refractivity contribution in [1.82, 2.24) is 9.80 Å². The van der Waals surface area contributed by atoms with Gasteiger partial charge in [0.25, 0.3) is 0 Å². The topological polar surface area (TPSA) is 49.6 Å². The first-order valence-corrected chi connectivity index (χ1v) is 7.26. The van der Waals surface area contributed by atoms with Crippen molar-refractivity contribution in [2.75, 3.05) is 33.2 Å². The highest BCUT2D eigenvalue weighted by molar-refractivity contribution is 5.75. The summed E-state index contributed by atoms with van der Waals surface area (Å²) in [5, 5.41) is 0. The summed E-state index contributed by atoms with van der Waals surface area (Å²) in [5.41, 5.74) is 5.57. The Bertz CT molecular complexity index is 257. The Morgan fingerprint density at radius 2 is 2.28 bits per heavy atom. The molecule has 2 unspecified atom stereocenters. The molecule has 1 amide bonds. The van der Waals surface area contributed by atoms with E-state index in [1.807, 2.05) is 11.9 Å². The zero-order chi connectivity index (χ0) is 13.5. The Morgan fingerprint density at radius 3 is 2.89 bits per heavy atom. The van der Waals surface area contributed by atoms with Crippen LogP contribution in [0.3, 0.4) is 0 Å². The molecular formula is C14H29N3O. The first kappa shape index (κ1) is 15.4. The van der Waals surface area contributed by atoms with Crippen LogP contribution in [0.5, 0.6) is 0 Å². The van der Waals surface area contributed by atoms with Crippen LogP contribution >= 0.6 is 0 Å². The van der Waals surface area contributed by atoms with Crippen LogP contribution in [0.15, 0.2) is 0 Å². The molecule has 1 aliphatic heterocycles. The van der Waals surface area contributed by atoms with Crippen LogP contribution in [0.4, 0.5) is 0 Å². The lowest BCUT2D eigenvalue weighted by atomic mass is 10.1. The maximum Gasteiger partial charge on any atom is 0.222 e. The lowest BCUT2D eigenvalue weighted by molar-refractivity contribution is -0.130. The monoisotopic (exact) mass is 255 g/mol. The number of hydrogen-bond donors (Lipinski definition) is 1. The average Bonchev–Trinajstić information content (AvgIpc) is 2.82. The molecule has 1 saturated heterocycles. The fourth-order valence-electron chi connectivity index (χ4n) is 2.61. The summed E-state index contributed by atoms with van der Waals surface area (Å²) in [6.45, 7) is 8.13. The molecule has 0 aromatic heterocycles. The first-order valence-electron chi connectivity index (χ1n) is 7.26. The van der Waals surface area contributed by atoms with E-state index < -0.39 is 0 Å². The van der Waals surface area contributed by atoms with Crippen molar-refractivity contribution in [2.45, 2.75) is 45.6 Å². The molecular weight excluding hydrogens is 226 g/mol. The van der Waals surface area contributed by atoms with E-state index in [0.717, 1.165) is 19.5 Å². The molecule has 2 atom stereocenters. The Kier molecular flexibility index (Phi) is 6.65. The number of carbonyl (C=O) groups is 1. The molecule has 0 aliphatic carbocycles. The molecule has 2 N–H and O–H groups in total. The van der Waals surface area contributed by atoms with E-state index in [4.69, 9.17) is 5.73 Å². The largest absolute Gasteiger partial charge is 0.344 e. The third kappa shape index (κ3) is 4.58. The van der Waals surface area contributed by atoms with Gasteiger partial charge in [-0.25, -0.2) is 0 Å². The molecule has 0 aromatic carbocycles. The smallest absolute Gasteiger partial charge is 0.222 e. The molecule has 4 heteroatoms. The van der Waals surface area contributed by atoms with Gasteiger partial charge in [-0.3, -0.25) is 9.69 Å². The fraction of sp³-hybridized carbons (Fsp3) is 0.929. The highest BCUT2D eigenvalue weighted by Gasteiger charge is 2.25. The maximum atomic E-state index is 12.0. The van der Waals surface area contributed by atoms with E-state index in [1.54, 1.807) is 0 Å². The van der Waals surface area contributed by atoms with Gasteiger partial charge >= 0.3 is 0 Å². The number of hydrogen-bond acceptors (Lipinski definition) is 3. The number of likely N-dealkylation sites (tertiary alicyclic amines) is 1. The SMILES string of the molecule is CCN1CCCC1CN(C)C(=O)CCC(C)CN. The van der Waals surface area contributed by atoms with Crippen LogP contribution in [-0.4, -0.2) is 55.0 Å². The molecule has 1 aliphatic rings. The number of rotatable bonds is 7. The van der Waals surface area contributed by atoms with Crippen molar-refractivity contribution in [2.24, 2.45) is 11.7 Å². The molecule has 4 nitrogen and oxygen atoms in total. The number of nitrogens with two attached hydrogens (primary N) is 1. The second-order valence-electron chi connectivity index (χ2n) is 5.58. The van der Waals surface area contributed by atoms with Gasteiger partial charge in [0, 0.05) is 26.1 Å². The van der Waals surface area contributed by atoms with Crippen molar-refractivity contribution in [1.29, 1.82) is 0 Å². The minimum atomic E-state index is 0.262. The molecule has 106 valence electrons. The molecule has 0 aromatic rings. The standard InChI is InChI=1S/C14H29N3O/c1-4-17-9-5-6-13(17)11-16(3)14(18)8-7-12(2)10-15/h12-13H,4-11,15H2,1-3H3.